The lowest BCUT2D eigenvalue weighted by Gasteiger charge is -2.07. The van der Waals surface area contributed by atoms with Gasteiger partial charge in [-0.3, -0.25) is 10.1 Å². The predicted molar refractivity (Wildman–Crippen MR) is 97.9 cm³/mol. The molecule has 0 saturated carbocycles. The molecule has 0 amide bonds. The van der Waals surface area contributed by atoms with E-state index in [0.29, 0.717) is 22.3 Å². The molecule has 7 heteroatoms. The topological polar surface area (TPSA) is 118 Å². The standard InChI is InChI=1S/C20H13NO6/c22-19(23)14-5-1-12(2-6-14)16-9-10-17(18(11-16)21(26)27)13-3-7-15(8-4-13)20(24)25/h1-11H,(H,22,23)(H,24,25). The summed E-state index contributed by atoms with van der Waals surface area (Å²) in [5.74, 6) is -2.12. The number of hydrogen-bond acceptors (Lipinski definition) is 4. The molecule has 0 aliphatic rings. The molecule has 7 nitrogen and oxygen atoms in total. The zero-order valence-electron chi connectivity index (χ0n) is 13.8. The van der Waals surface area contributed by atoms with E-state index in [9.17, 15) is 19.7 Å². The fourth-order valence-electron chi connectivity index (χ4n) is 2.70. The molecule has 0 aromatic heterocycles. The number of hydrogen-bond donors (Lipinski definition) is 2. The molecule has 2 N–H and O–H groups in total. The number of nitrogens with zero attached hydrogens (tertiary/aromatic N) is 1. The third-order valence-corrected chi connectivity index (χ3v) is 4.10. The minimum Gasteiger partial charge on any atom is -0.478 e. The summed E-state index contributed by atoms with van der Waals surface area (Å²) in [7, 11) is 0. The molecule has 3 rings (SSSR count). The van der Waals surface area contributed by atoms with Gasteiger partial charge < -0.3 is 10.2 Å². The van der Waals surface area contributed by atoms with E-state index in [1.807, 2.05) is 0 Å². The first-order chi connectivity index (χ1) is 12.9. The van der Waals surface area contributed by atoms with Gasteiger partial charge in [0.25, 0.3) is 5.69 Å². The van der Waals surface area contributed by atoms with Crippen molar-refractivity contribution in [1.29, 1.82) is 0 Å². The molecule has 0 fully saturated rings. The van der Waals surface area contributed by atoms with Crippen LogP contribution in [0.5, 0.6) is 0 Å². The second-order valence-corrected chi connectivity index (χ2v) is 5.75. The lowest BCUT2D eigenvalue weighted by Crippen LogP contribution is -1.97. The maximum atomic E-state index is 11.5. The molecule has 3 aromatic rings. The van der Waals surface area contributed by atoms with Crippen molar-refractivity contribution in [2.24, 2.45) is 0 Å². The molecule has 0 saturated heterocycles. The van der Waals surface area contributed by atoms with Gasteiger partial charge >= 0.3 is 11.9 Å². The van der Waals surface area contributed by atoms with Crippen molar-refractivity contribution in [2.75, 3.05) is 0 Å². The van der Waals surface area contributed by atoms with Crippen molar-refractivity contribution in [1.82, 2.24) is 0 Å². The summed E-state index contributed by atoms with van der Waals surface area (Å²) in [6, 6.07) is 16.6. The van der Waals surface area contributed by atoms with Crippen LogP contribution in [0.1, 0.15) is 20.7 Å². The average molecular weight is 363 g/mol. The van der Waals surface area contributed by atoms with Gasteiger partial charge in [0, 0.05) is 6.07 Å². The van der Waals surface area contributed by atoms with Gasteiger partial charge in [-0.1, -0.05) is 30.3 Å². The molecule has 0 bridgehead atoms. The molecule has 0 unspecified atom stereocenters. The third kappa shape index (κ3) is 3.67. The van der Waals surface area contributed by atoms with Crippen LogP contribution in [0.4, 0.5) is 5.69 Å². The summed E-state index contributed by atoms with van der Waals surface area (Å²) in [6.07, 6.45) is 0. The Hall–Kier alpha value is -4.00. The molecule has 0 spiro atoms. The van der Waals surface area contributed by atoms with Crippen molar-refractivity contribution >= 4 is 17.6 Å². The lowest BCUT2D eigenvalue weighted by molar-refractivity contribution is -0.384. The van der Waals surface area contributed by atoms with Crippen molar-refractivity contribution in [3.8, 4) is 22.3 Å². The number of carboxylic acid groups (broad SMARTS) is 2. The highest BCUT2D eigenvalue weighted by atomic mass is 16.6. The lowest BCUT2D eigenvalue weighted by atomic mass is 9.97. The maximum absolute atomic E-state index is 11.5. The highest BCUT2D eigenvalue weighted by Crippen LogP contribution is 2.34. The van der Waals surface area contributed by atoms with Crippen LogP contribution in [0.2, 0.25) is 0 Å². The second kappa shape index (κ2) is 7.09. The number of aromatic carboxylic acids is 2. The van der Waals surface area contributed by atoms with Gasteiger partial charge in [0.2, 0.25) is 0 Å². The van der Waals surface area contributed by atoms with Crippen LogP contribution in [-0.4, -0.2) is 27.1 Å². The minimum atomic E-state index is -1.07. The van der Waals surface area contributed by atoms with Gasteiger partial charge in [0.05, 0.1) is 21.6 Å². The van der Waals surface area contributed by atoms with Crippen LogP contribution < -0.4 is 0 Å². The number of carbonyl (C=O) groups is 2. The van der Waals surface area contributed by atoms with E-state index in [0.717, 1.165) is 0 Å². The SMILES string of the molecule is O=C(O)c1ccc(-c2ccc(-c3ccc(C(=O)O)cc3)c([N+](=O)[O-])c2)cc1. The smallest absolute Gasteiger partial charge is 0.335 e. The zero-order chi connectivity index (χ0) is 19.6. The Balaban J connectivity index is 2.03. The fourth-order valence-corrected chi connectivity index (χ4v) is 2.70. The summed E-state index contributed by atoms with van der Waals surface area (Å²) in [4.78, 5) is 32.9. The monoisotopic (exact) mass is 363 g/mol. The molecular formula is C20H13NO6. The van der Waals surface area contributed by atoms with E-state index in [2.05, 4.69) is 0 Å². The van der Waals surface area contributed by atoms with Crippen LogP contribution in [0, 0.1) is 10.1 Å². The predicted octanol–water partition coefficient (Wildman–Crippen LogP) is 4.33. The number of rotatable bonds is 5. The second-order valence-electron chi connectivity index (χ2n) is 5.75. The number of nitro groups is 1. The molecular weight excluding hydrogens is 350 g/mol. The van der Waals surface area contributed by atoms with Gasteiger partial charge in [-0.05, 0) is 47.0 Å². The highest BCUT2D eigenvalue weighted by Gasteiger charge is 2.17. The first kappa shape index (κ1) is 17.8. The Morgan fingerprint density at radius 2 is 1.15 bits per heavy atom. The van der Waals surface area contributed by atoms with E-state index in [-0.39, 0.29) is 16.8 Å². The minimum absolute atomic E-state index is 0.0940. The summed E-state index contributed by atoms with van der Waals surface area (Å²) in [5, 5.41) is 29.4. The Kier molecular flexibility index (Phi) is 4.68. The molecule has 27 heavy (non-hydrogen) atoms. The Morgan fingerprint density at radius 1 is 0.704 bits per heavy atom. The molecule has 0 radical (unpaired) electrons. The van der Waals surface area contributed by atoms with Gasteiger partial charge in [0.1, 0.15) is 0 Å². The van der Waals surface area contributed by atoms with Crippen LogP contribution >= 0.6 is 0 Å². The summed E-state index contributed by atoms with van der Waals surface area (Å²) in [6.45, 7) is 0. The van der Waals surface area contributed by atoms with Crippen molar-refractivity contribution < 1.29 is 24.7 Å². The normalized spacial score (nSPS) is 10.4. The first-order valence-electron chi connectivity index (χ1n) is 7.82. The Bertz CT molecular complexity index is 1040. The van der Waals surface area contributed by atoms with Crippen LogP contribution in [0.3, 0.4) is 0 Å². The molecule has 0 aliphatic heterocycles. The summed E-state index contributed by atoms with van der Waals surface area (Å²) in [5.41, 5.74) is 2.21. The number of benzene rings is 3. The number of carboxylic acids is 2. The van der Waals surface area contributed by atoms with Crippen LogP contribution in [0.25, 0.3) is 22.3 Å². The van der Waals surface area contributed by atoms with Crippen molar-refractivity contribution in [3.63, 3.8) is 0 Å². The molecule has 3 aromatic carbocycles. The molecule has 0 heterocycles. The highest BCUT2D eigenvalue weighted by molar-refractivity contribution is 5.89. The molecule has 134 valence electrons. The van der Waals surface area contributed by atoms with Gasteiger partial charge in [-0.25, -0.2) is 9.59 Å². The van der Waals surface area contributed by atoms with Crippen molar-refractivity contribution in [3.05, 3.63) is 88.0 Å². The van der Waals surface area contributed by atoms with E-state index in [4.69, 9.17) is 10.2 Å². The van der Waals surface area contributed by atoms with E-state index >= 15 is 0 Å². The Morgan fingerprint density at radius 3 is 1.59 bits per heavy atom. The van der Waals surface area contributed by atoms with E-state index in [1.54, 1.807) is 24.3 Å². The average Bonchev–Trinajstić information content (AvgIpc) is 2.67. The zero-order valence-corrected chi connectivity index (χ0v) is 13.8. The van der Waals surface area contributed by atoms with E-state index in [1.165, 1.54) is 42.5 Å². The van der Waals surface area contributed by atoms with Gasteiger partial charge in [-0.15, -0.1) is 0 Å². The first-order valence-corrected chi connectivity index (χ1v) is 7.82. The fraction of sp³-hybridized carbons (Fsp3) is 0. The van der Waals surface area contributed by atoms with Crippen LogP contribution in [0.15, 0.2) is 66.7 Å². The summed E-state index contributed by atoms with van der Waals surface area (Å²) >= 11 is 0. The van der Waals surface area contributed by atoms with Gasteiger partial charge in [-0.2, -0.15) is 0 Å². The number of nitro benzene ring substituents is 1. The summed E-state index contributed by atoms with van der Waals surface area (Å²) < 4.78 is 0. The largest absolute Gasteiger partial charge is 0.478 e. The molecule has 0 atom stereocenters. The van der Waals surface area contributed by atoms with Gasteiger partial charge in [0.15, 0.2) is 0 Å². The maximum Gasteiger partial charge on any atom is 0.335 e. The van der Waals surface area contributed by atoms with E-state index < -0.39 is 16.9 Å². The van der Waals surface area contributed by atoms with Crippen LogP contribution in [-0.2, 0) is 0 Å². The van der Waals surface area contributed by atoms with Crippen molar-refractivity contribution in [2.45, 2.75) is 0 Å². The quantitative estimate of drug-likeness (QED) is 0.515. The molecule has 0 aliphatic carbocycles. The third-order valence-electron chi connectivity index (χ3n) is 4.10. The Labute approximate surface area is 153 Å².